The smallest absolute Gasteiger partial charge is 0.262 e. The average Bonchev–Trinajstić information content (AvgIpc) is 2.74. The summed E-state index contributed by atoms with van der Waals surface area (Å²) in [6.07, 6.45) is 0. The second-order valence-corrected chi connectivity index (χ2v) is 9.28. The number of nitrogen functional groups attached to an aromatic ring is 1. The van der Waals surface area contributed by atoms with Gasteiger partial charge < -0.3 is 11.1 Å². The molecular weight excluding hydrogens is 426 g/mol. The maximum Gasteiger partial charge on any atom is 0.262 e. The summed E-state index contributed by atoms with van der Waals surface area (Å²) < 4.78 is 28.3. The van der Waals surface area contributed by atoms with Gasteiger partial charge in [0.1, 0.15) is 11.4 Å². The Morgan fingerprint density at radius 3 is 2.09 bits per heavy atom. The van der Waals surface area contributed by atoms with Gasteiger partial charge in [-0.1, -0.05) is 36.4 Å². The number of hydrogen-bond donors (Lipinski definition) is 3. The van der Waals surface area contributed by atoms with Crippen LogP contribution in [0.3, 0.4) is 0 Å². The minimum atomic E-state index is -4.12. The molecule has 1 aliphatic rings. The Kier molecular flexibility index (Phi) is 5.31. The van der Waals surface area contributed by atoms with Crippen molar-refractivity contribution in [1.82, 2.24) is 4.72 Å². The number of hydrogen-bond acceptors (Lipinski definition) is 6. The highest BCUT2D eigenvalue weighted by Crippen LogP contribution is 2.31. The molecular formula is C24H21N3O4S. The van der Waals surface area contributed by atoms with E-state index in [-0.39, 0.29) is 33.1 Å². The number of fused-ring (bicyclic) bond motifs is 1. The summed E-state index contributed by atoms with van der Waals surface area (Å²) in [5.74, 6) is -1.21. The van der Waals surface area contributed by atoms with Crippen LogP contribution >= 0.6 is 0 Å². The fourth-order valence-electron chi connectivity index (χ4n) is 3.70. The fourth-order valence-corrected chi connectivity index (χ4v) is 4.80. The monoisotopic (exact) mass is 447 g/mol. The number of nitrogens with one attached hydrogen (secondary N) is 2. The van der Waals surface area contributed by atoms with Crippen LogP contribution in [-0.2, 0) is 10.0 Å². The Hall–Kier alpha value is -3.91. The zero-order valence-electron chi connectivity index (χ0n) is 17.5. The zero-order chi connectivity index (χ0) is 23.0. The van der Waals surface area contributed by atoms with E-state index in [0.717, 1.165) is 11.1 Å². The van der Waals surface area contributed by atoms with Gasteiger partial charge in [-0.15, -0.1) is 0 Å². The minimum absolute atomic E-state index is 0.0307. The maximum atomic E-state index is 13.4. The molecule has 32 heavy (non-hydrogen) atoms. The molecule has 0 unspecified atom stereocenters. The minimum Gasteiger partial charge on any atom is -0.398 e. The van der Waals surface area contributed by atoms with Gasteiger partial charge in [-0.3, -0.25) is 14.3 Å². The summed E-state index contributed by atoms with van der Waals surface area (Å²) in [5, 5.41) is 2.96. The summed E-state index contributed by atoms with van der Waals surface area (Å²) in [7, 11) is -4.12. The molecule has 0 fully saturated rings. The first-order valence-electron chi connectivity index (χ1n) is 9.83. The van der Waals surface area contributed by atoms with Crippen LogP contribution in [0.2, 0.25) is 0 Å². The molecule has 0 saturated heterocycles. The summed E-state index contributed by atoms with van der Waals surface area (Å²) in [5.41, 5.74) is 8.14. The predicted octanol–water partition coefficient (Wildman–Crippen LogP) is 3.57. The number of carbonyl (C=O) groups is 2. The molecule has 0 heterocycles. The molecule has 3 aromatic carbocycles. The molecule has 1 aliphatic carbocycles. The van der Waals surface area contributed by atoms with Crippen molar-refractivity contribution < 1.29 is 18.0 Å². The number of allylic oxidation sites excluding steroid dienone is 2. The van der Waals surface area contributed by atoms with E-state index in [1.54, 1.807) is 36.4 Å². The molecule has 0 atom stereocenters. The molecule has 0 aromatic heterocycles. The van der Waals surface area contributed by atoms with Gasteiger partial charge in [0.25, 0.3) is 10.0 Å². The van der Waals surface area contributed by atoms with Crippen molar-refractivity contribution in [2.75, 3.05) is 11.1 Å². The van der Waals surface area contributed by atoms with E-state index in [0.29, 0.717) is 5.69 Å². The first kappa shape index (κ1) is 21.3. The second-order valence-electron chi connectivity index (χ2n) is 7.60. The van der Waals surface area contributed by atoms with Crippen LogP contribution in [-0.4, -0.2) is 20.0 Å². The number of ketones is 2. The van der Waals surface area contributed by atoms with Crippen molar-refractivity contribution in [2.45, 2.75) is 18.7 Å². The van der Waals surface area contributed by atoms with Crippen LogP contribution in [0.25, 0.3) is 0 Å². The number of rotatable bonds is 5. The van der Waals surface area contributed by atoms with Gasteiger partial charge in [0, 0.05) is 16.9 Å². The number of nitrogens with two attached hydrogens (primary N) is 1. The third-order valence-corrected chi connectivity index (χ3v) is 6.42. The Balaban J connectivity index is 1.88. The lowest BCUT2D eigenvalue weighted by Gasteiger charge is -2.24. The van der Waals surface area contributed by atoms with Gasteiger partial charge in [0.15, 0.2) is 0 Å². The van der Waals surface area contributed by atoms with Gasteiger partial charge in [0.2, 0.25) is 11.6 Å². The Labute approximate surface area is 186 Å². The van der Waals surface area contributed by atoms with Crippen LogP contribution < -0.4 is 15.8 Å². The van der Waals surface area contributed by atoms with E-state index in [4.69, 9.17) is 5.73 Å². The first-order chi connectivity index (χ1) is 15.2. The van der Waals surface area contributed by atoms with Crippen molar-refractivity contribution in [3.05, 3.63) is 100 Å². The van der Waals surface area contributed by atoms with Crippen molar-refractivity contribution in [3.63, 3.8) is 0 Å². The maximum absolute atomic E-state index is 13.4. The Morgan fingerprint density at radius 2 is 1.44 bits per heavy atom. The number of sulfonamides is 1. The summed E-state index contributed by atoms with van der Waals surface area (Å²) in [4.78, 5) is 26.7. The van der Waals surface area contributed by atoms with Crippen LogP contribution in [0.15, 0.2) is 83.0 Å². The lowest BCUT2D eigenvalue weighted by Crippen LogP contribution is -2.36. The molecule has 8 heteroatoms. The molecule has 4 rings (SSSR count). The average molecular weight is 448 g/mol. The van der Waals surface area contributed by atoms with E-state index < -0.39 is 21.6 Å². The van der Waals surface area contributed by atoms with Gasteiger partial charge >= 0.3 is 0 Å². The Morgan fingerprint density at radius 1 is 0.781 bits per heavy atom. The van der Waals surface area contributed by atoms with E-state index in [1.165, 1.54) is 24.3 Å². The van der Waals surface area contributed by atoms with Crippen molar-refractivity contribution in [1.29, 1.82) is 0 Å². The van der Waals surface area contributed by atoms with Crippen LogP contribution in [0.5, 0.6) is 0 Å². The lowest BCUT2D eigenvalue weighted by molar-refractivity contribution is 0.0973. The molecule has 0 radical (unpaired) electrons. The number of aryl methyl sites for hydroxylation is 2. The largest absolute Gasteiger partial charge is 0.398 e. The van der Waals surface area contributed by atoms with Gasteiger partial charge in [-0.05, 0) is 55.3 Å². The van der Waals surface area contributed by atoms with Crippen molar-refractivity contribution in [3.8, 4) is 0 Å². The van der Waals surface area contributed by atoms with E-state index in [2.05, 4.69) is 10.0 Å². The number of anilines is 2. The number of Topliss-reactive ketones (excluding diaryl/α,β-unsaturated/α-hetero) is 2. The highest BCUT2D eigenvalue weighted by atomic mass is 32.2. The molecule has 0 bridgehead atoms. The van der Waals surface area contributed by atoms with E-state index in [1.807, 2.05) is 19.9 Å². The number of carbonyl (C=O) groups excluding carboxylic acids is 2. The van der Waals surface area contributed by atoms with Gasteiger partial charge in [-0.25, -0.2) is 8.42 Å². The Bertz CT molecular complexity index is 1370. The van der Waals surface area contributed by atoms with E-state index >= 15 is 0 Å². The van der Waals surface area contributed by atoms with E-state index in [9.17, 15) is 18.0 Å². The highest BCUT2D eigenvalue weighted by Gasteiger charge is 2.36. The molecule has 7 nitrogen and oxygen atoms in total. The first-order valence-corrected chi connectivity index (χ1v) is 11.3. The highest BCUT2D eigenvalue weighted by molar-refractivity contribution is 7.89. The summed E-state index contributed by atoms with van der Waals surface area (Å²) >= 11 is 0. The van der Waals surface area contributed by atoms with Crippen LogP contribution in [0.1, 0.15) is 31.8 Å². The lowest BCUT2D eigenvalue weighted by atomic mass is 9.89. The standard InChI is InChI=1S/C24H21N3O4S/c1-14-11-15(2)13-16(12-14)26-21-22(27-32(30,31)17-7-4-3-5-8-17)23(28)18-9-6-10-19(25)20(18)24(21)29/h3-13,26-27H,25H2,1-2H3. The summed E-state index contributed by atoms with van der Waals surface area (Å²) in [6.45, 7) is 3.79. The molecule has 0 aliphatic heterocycles. The van der Waals surface area contributed by atoms with Gasteiger partial charge in [0.05, 0.1) is 10.5 Å². The number of benzene rings is 3. The van der Waals surface area contributed by atoms with Gasteiger partial charge in [-0.2, -0.15) is 0 Å². The topological polar surface area (TPSA) is 118 Å². The molecule has 4 N–H and O–H groups in total. The second kappa shape index (κ2) is 7.97. The third kappa shape index (κ3) is 3.88. The molecule has 3 aromatic rings. The fraction of sp³-hybridized carbons (Fsp3) is 0.0833. The van der Waals surface area contributed by atoms with Crippen LogP contribution in [0.4, 0.5) is 11.4 Å². The molecule has 0 amide bonds. The molecule has 0 saturated carbocycles. The molecule has 0 spiro atoms. The third-order valence-electron chi connectivity index (χ3n) is 5.05. The summed E-state index contributed by atoms with van der Waals surface area (Å²) in [6, 6.07) is 17.7. The quantitative estimate of drug-likeness (QED) is 0.515. The molecule has 162 valence electrons. The SMILES string of the molecule is Cc1cc(C)cc(NC2=C(NS(=O)(=O)c3ccccc3)C(=O)c3cccc(N)c3C2=O)c1. The van der Waals surface area contributed by atoms with Crippen molar-refractivity contribution >= 4 is 33.0 Å². The normalized spacial score (nSPS) is 13.7. The zero-order valence-corrected chi connectivity index (χ0v) is 18.3. The van der Waals surface area contributed by atoms with Crippen molar-refractivity contribution in [2.24, 2.45) is 0 Å². The van der Waals surface area contributed by atoms with Crippen LogP contribution in [0, 0.1) is 13.8 Å². The predicted molar refractivity (Wildman–Crippen MR) is 123 cm³/mol.